The summed E-state index contributed by atoms with van der Waals surface area (Å²) in [6.45, 7) is 0.718. The number of ether oxygens (including phenoxy) is 1. The number of rotatable bonds is 6. The molecular formula is C21H18ClN7O2. The highest BCUT2D eigenvalue weighted by molar-refractivity contribution is 6.30. The summed E-state index contributed by atoms with van der Waals surface area (Å²) in [5, 5.41) is 7.79. The Bertz CT molecular complexity index is 1400. The van der Waals surface area contributed by atoms with E-state index in [2.05, 4.69) is 20.4 Å². The van der Waals surface area contributed by atoms with Crippen LogP contribution in [0.2, 0.25) is 5.02 Å². The molecule has 5 heterocycles. The van der Waals surface area contributed by atoms with Crippen LogP contribution in [0.25, 0.3) is 11.2 Å². The summed E-state index contributed by atoms with van der Waals surface area (Å²) in [4.78, 5) is 21.5. The van der Waals surface area contributed by atoms with Crippen LogP contribution in [0.1, 0.15) is 21.7 Å². The predicted octanol–water partition coefficient (Wildman–Crippen LogP) is 2.82. The Labute approximate surface area is 181 Å². The largest absolute Gasteiger partial charge is 0.482 e. The SMILES string of the molecule is COc1cccc2nc(Cn3cc(C(=O)NCc4ncn5ccc(Cl)cc45)cn3)cn12. The molecule has 0 saturated heterocycles. The molecule has 0 aromatic carbocycles. The Morgan fingerprint density at radius 3 is 3.03 bits per heavy atom. The number of aromatic nitrogens is 6. The Morgan fingerprint density at radius 2 is 2.16 bits per heavy atom. The van der Waals surface area contributed by atoms with E-state index >= 15 is 0 Å². The predicted molar refractivity (Wildman–Crippen MR) is 114 cm³/mol. The quantitative estimate of drug-likeness (QED) is 0.443. The van der Waals surface area contributed by atoms with Gasteiger partial charge in [-0.25, -0.2) is 9.97 Å². The minimum Gasteiger partial charge on any atom is -0.482 e. The van der Waals surface area contributed by atoms with E-state index in [-0.39, 0.29) is 12.5 Å². The number of methoxy groups -OCH3 is 1. The van der Waals surface area contributed by atoms with E-state index in [0.717, 1.165) is 22.6 Å². The van der Waals surface area contributed by atoms with E-state index in [1.54, 1.807) is 30.4 Å². The molecule has 0 radical (unpaired) electrons. The van der Waals surface area contributed by atoms with Crippen molar-refractivity contribution in [1.82, 2.24) is 33.9 Å². The second kappa shape index (κ2) is 7.77. The highest BCUT2D eigenvalue weighted by Gasteiger charge is 2.12. The van der Waals surface area contributed by atoms with Crippen molar-refractivity contribution in [2.75, 3.05) is 7.11 Å². The second-order valence-electron chi connectivity index (χ2n) is 6.97. The van der Waals surface area contributed by atoms with Crippen LogP contribution in [0.15, 0.2) is 61.4 Å². The number of carbonyl (C=O) groups is 1. The van der Waals surface area contributed by atoms with Crippen LogP contribution in [0.4, 0.5) is 0 Å². The summed E-state index contributed by atoms with van der Waals surface area (Å²) in [6.07, 6.45) is 8.64. The molecule has 5 aromatic rings. The Balaban J connectivity index is 1.27. The minimum absolute atomic E-state index is 0.230. The van der Waals surface area contributed by atoms with Gasteiger partial charge in [-0.15, -0.1) is 0 Å². The molecule has 10 heteroatoms. The number of nitrogens with one attached hydrogen (secondary N) is 1. The number of fused-ring (bicyclic) bond motifs is 2. The van der Waals surface area contributed by atoms with Crippen molar-refractivity contribution in [3.63, 3.8) is 0 Å². The third-order valence-corrected chi connectivity index (χ3v) is 5.17. The zero-order valence-corrected chi connectivity index (χ0v) is 17.3. The van der Waals surface area contributed by atoms with Gasteiger partial charge in [-0.2, -0.15) is 5.10 Å². The molecule has 31 heavy (non-hydrogen) atoms. The Hall–Kier alpha value is -3.85. The van der Waals surface area contributed by atoms with Crippen molar-refractivity contribution in [2.24, 2.45) is 0 Å². The number of halogens is 1. The maximum absolute atomic E-state index is 12.6. The number of carbonyl (C=O) groups excluding carboxylic acids is 1. The first-order valence-electron chi connectivity index (χ1n) is 9.53. The number of amides is 1. The van der Waals surface area contributed by atoms with Gasteiger partial charge in [0.2, 0.25) is 0 Å². The van der Waals surface area contributed by atoms with Gasteiger partial charge in [0, 0.05) is 23.6 Å². The number of nitrogens with zero attached hydrogens (tertiary/aromatic N) is 6. The van der Waals surface area contributed by atoms with Crippen LogP contribution in [0.5, 0.6) is 5.88 Å². The van der Waals surface area contributed by atoms with Crippen LogP contribution < -0.4 is 10.1 Å². The summed E-state index contributed by atoms with van der Waals surface area (Å²) < 4.78 is 10.8. The van der Waals surface area contributed by atoms with E-state index in [0.29, 0.717) is 23.0 Å². The van der Waals surface area contributed by atoms with Gasteiger partial charge in [-0.1, -0.05) is 17.7 Å². The lowest BCUT2D eigenvalue weighted by atomic mass is 10.3. The first-order chi connectivity index (χ1) is 15.1. The second-order valence-corrected chi connectivity index (χ2v) is 7.40. The first-order valence-corrected chi connectivity index (χ1v) is 9.91. The van der Waals surface area contributed by atoms with Gasteiger partial charge in [-0.05, 0) is 24.3 Å². The van der Waals surface area contributed by atoms with Gasteiger partial charge in [-0.3, -0.25) is 13.9 Å². The molecule has 0 atom stereocenters. The molecular weight excluding hydrogens is 418 g/mol. The van der Waals surface area contributed by atoms with E-state index in [9.17, 15) is 4.79 Å². The van der Waals surface area contributed by atoms with Crippen molar-refractivity contribution in [2.45, 2.75) is 13.1 Å². The summed E-state index contributed by atoms with van der Waals surface area (Å²) in [6, 6.07) is 9.26. The Morgan fingerprint density at radius 1 is 1.26 bits per heavy atom. The maximum Gasteiger partial charge on any atom is 0.254 e. The van der Waals surface area contributed by atoms with Crippen LogP contribution in [0, 0.1) is 0 Å². The van der Waals surface area contributed by atoms with Gasteiger partial charge in [0.25, 0.3) is 5.91 Å². The molecule has 0 bridgehead atoms. The van der Waals surface area contributed by atoms with Crippen LogP contribution in [-0.2, 0) is 13.1 Å². The van der Waals surface area contributed by atoms with Crippen molar-refractivity contribution < 1.29 is 9.53 Å². The lowest BCUT2D eigenvalue weighted by Gasteiger charge is -2.02. The van der Waals surface area contributed by atoms with E-state index in [1.165, 1.54) is 6.20 Å². The normalized spacial score (nSPS) is 11.3. The van der Waals surface area contributed by atoms with Gasteiger partial charge in [0.1, 0.15) is 5.65 Å². The molecule has 9 nitrogen and oxygen atoms in total. The fourth-order valence-corrected chi connectivity index (χ4v) is 3.59. The molecule has 0 fully saturated rings. The van der Waals surface area contributed by atoms with Crippen LogP contribution >= 0.6 is 11.6 Å². The molecule has 1 N–H and O–H groups in total. The molecule has 0 aliphatic carbocycles. The van der Waals surface area contributed by atoms with Crippen LogP contribution in [-0.4, -0.2) is 41.6 Å². The molecule has 0 aliphatic rings. The van der Waals surface area contributed by atoms with Crippen LogP contribution in [0.3, 0.4) is 0 Å². The Kier molecular flexibility index (Phi) is 4.79. The number of imidazole rings is 2. The fraction of sp³-hybridized carbons (Fsp3) is 0.143. The highest BCUT2D eigenvalue weighted by Crippen LogP contribution is 2.17. The zero-order valence-electron chi connectivity index (χ0n) is 16.6. The number of hydrogen-bond acceptors (Lipinski definition) is 5. The molecule has 0 saturated carbocycles. The summed E-state index contributed by atoms with van der Waals surface area (Å²) >= 11 is 6.07. The zero-order chi connectivity index (χ0) is 21.4. The van der Waals surface area contributed by atoms with Crippen molar-refractivity contribution >= 4 is 28.7 Å². The van der Waals surface area contributed by atoms with Gasteiger partial charge >= 0.3 is 0 Å². The third kappa shape index (κ3) is 3.71. The van der Waals surface area contributed by atoms with Gasteiger partial charge < -0.3 is 14.5 Å². The monoisotopic (exact) mass is 435 g/mol. The standard InChI is InChI=1S/C21H18ClN7O2/c1-31-20-4-2-3-19-26-16(12-29(19)20)11-28-10-14(8-25-28)21(30)23-9-17-18-7-15(22)5-6-27(18)13-24-17/h2-8,10,12-13H,9,11H2,1H3,(H,23,30). The van der Waals surface area contributed by atoms with E-state index < -0.39 is 0 Å². The molecule has 0 spiro atoms. The fourth-order valence-electron chi connectivity index (χ4n) is 3.43. The van der Waals surface area contributed by atoms with Crippen molar-refractivity contribution in [1.29, 1.82) is 0 Å². The third-order valence-electron chi connectivity index (χ3n) is 4.93. The summed E-state index contributed by atoms with van der Waals surface area (Å²) in [5.74, 6) is 0.468. The minimum atomic E-state index is -0.230. The van der Waals surface area contributed by atoms with Gasteiger partial charge in [0.05, 0.1) is 55.2 Å². The van der Waals surface area contributed by atoms with Crippen molar-refractivity contribution in [3.8, 4) is 5.88 Å². The summed E-state index contributed by atoms with van der Waals surface area (Å²) in [7, 11) is 1.62. The molecule has 156 valence electrons. The average molecular weight is 436 g/mol. The maximum atomic E-state index is 12.6. The topological polar surface area (TPSA) is 90.8 Å². The highest BCUT2D eigenvalue weighted by atomic mass is 35.5. The molecule has 5 aromatic heterocycles. The van der Waals surface area contributed by atoms with E-state index in [4.69, 9.17) is 16.3 Å². The van der Waals surface area contributed by atoms with Gasteiger partial charge in [0.15, 0.2) is 5.88 Å². The molecule has 0 aliphatic heterocycles. The van der Waals surface area contributed by atoms with E-state index in [1.807, 2.05) is 45.5 Å². The lowest BCUT2D eigenvalue weighted by Crippen LogP contribution is -2.22. The number of hydrogen-bond donors (Lipinski definition) is 1. The average Bonchev–Trinajstić information content (AvgIpc) is 3.49. The first kappa shape index (κ1) is 19.1. The molecule has 1 amide bonds. The lowest BCUT2D eigenvalue weighted by molar-refractivity contribution is 0.0950. The molecule has 0 unspecified atom stereocenters. The summed E-state index contributed by atoms with van der Waals surface area (Å²) in [5.41, 5.74) is 3.64. The molecule has 5 rings (SSSR count). The number of pyridine rings is 2. The van der Waals surface area contributed by atoms with Crippen molar-refractivity contribution in [3.05, 3.63) is 83.4 Å². The smallest absolute Gasteiger partial charge is 0.254 e.